The van der Waals surface area contributed by atoms with Crippen molar-refractivity contribution in [3.05, 3.63) is 106 Å². The monoisotopic (exact) mass is 442 g/mol. The van der Waals surface area contributed by atoms with Crippen molar-refractivity contribution < 1.29 is 9.63 Å². The molecule has 0 radical (unpaired) electrons. The highest BCUT2D eigenvalue weighted by atomic mass is 16.7. The Hall–Kier alpha value is -3.40. The highest BCUT2D eigenvalue weighted by Gasteiger charge is 2.18. The molecule has 172 valence electrons. The summed E-state index contributed by atoms with van der Waals surface area (Å²) in [6.45, 7) is 10.4. The number of fused-ring (bicyclic) bond motifs is 3. The molecule has 3 rings (SSSR count). The summed E-state index contributed by atoms with van der Waals surface area (Å²) in [5, 5.41) is 4.01. The van der Waals surface area contributed by atoms with E-state index in [0.29, 0.717) is 5.71 Å². The average Bonchev–Trinajstić information content (AvgIpc) is 2.90. The van der Waals surface area contributed by atoms with E-state index in [-0.39, 0.29) is 0 Å². The zero-order valence-electron chi connectivity index (χ0n) is 20.4. The maximum atomic E-state index is 11.2. The van der Waals surface area contributed by atoms with Gasteiger partial charge in [0.25, 0.3) is 0 Å². The predicted octanol–water partition coefficient (Wildman–Crippen LogP) is 6.73. The molecule has 0 amide bonds. The van der Waals surface area contributed by atoms with Crippen LogP contribution in [0.1, 0.15) is 51.7 Å². The number of carbonyl (C=O) groups is 1. The molecule has 0 spiro atoms. The summed E-state index contributed by atoms with van der Waals surface area (Å²) in [5.74, 6) is -0.424. The lowest BCUT2D eigenvalue weighted by molar-refractivity contribution is -0.140. The van der Waals surface area contributed by atoms with E-state index in [4.69, 9.17) is 4.84 Å². The number of allylic oxidation sites excluding steroid dienone is 11. The Morgan fingerprint density at radius 2 is 1.97 bits per heavy atom. The van der Waals surface area contributed by atoms with E-state index >= 15 is 0 Å². The van der Waals surface area contributed by atoms with E-state index in [1.165, 1.54) is 34.9 Å². The number of rotatable bonds is 7. The van der Waals surface area contributed by atoms with Crippen LogP contribution in [0.2, 0.25) is 0 Å². The highest BCUT2D eigenvalue weighted by molar-refractivity contribution is 6.01. The van der Waals surface area contributed by atoms with Crippen molar-refractivity contribution in [1.82, 2.24) is 4.90 Å². The lowest BCUT2D eigenvalue weighted by Crippen LogP contribution is -2.15. The fourth-order valence-corrected chi connectivity index (χ4v) is 4.06. The Bertz CT molecular complexity index is 1110. The van der Waals surface area contributed by atoms with E-state index in [2.05, 4.69) is 78.7 Å². The third kappa shape index (κ3) is 6.55. The Labute approximate surface area is 198 Å². The molecule has 1 aromatic rings. The van der Waals surface area contributed by atoms with Crippen LogP contribution < -0.4 is 0 Å². The van der Waals surface area contributed by atoms with Gasteiger partial charge < -0.3 is 9.74 Å². The molecule has 33 heavy (non-hydrogen) atoms. The van der Waals surface area contributed by atoms with Gasteiger partial charge in [0, 0.05) is 25.4 Å². The summed E-state index contributed by atoms with van der Waals surface area (Å²) < 4.78 is 0. The number of hydrogen-bond acceptors (Lipinski definition) is 4. The summed E-state index contributed by atoms with van der Waals surface area (Å²) in [6, 6.07) is 8.58. The molecule has 4 heteroatoms. The number of aryl methyl sites for hydroxylation is 1. The van der Waals surface area contributed by atoms with Gasteiger partial charge in [0.1, 0.15) is 0 Å². The standard InChI is InChI=1S/C29H34N2O2/c1-6-10-26(22(4)30-33-23(5)32)19-28-20-31(7-2)29-15-13-24(18-27(28)14-16-29)17-25-12-9-8-11-21(25)3/h6,8-13,15,18-20H,7,14,16-17H2,1-5H3/b10-6-,24-13?,26-19+,27-18?,29-15?,30-22+. The third-order valence-corrected chi connectivity index (χ3v) is 5.92. The molecule has 4 nitrogen and oxygen atoms in total. The van der Waals surface area contributed by atoms with Crippen LogP contribution in [-0.2, 0) is 16.1 Å². The van der Waals surface area contributed by atoms with Gasteiger partial charge in [-0.05, 0) is 92.5 Å². The minimum atomic E-state index is -0.424. The van der Waals surface area contributed by atoms with Crippen LogP contribution in [0.25, 0.3) is 0 Å². The second-order valence-corrected chi connectivity index (χ2v) is 8.40. The number of benzene rings is 1. The van der Waals surface area contributed by atoms with Crippen molar-refractivity contribution >= 4 is 11.7 Å². The summed E-state index contributed by atoms with van der Waals surface area (Å²) in [6.07, 6.45) is 18.1. The number of carbonyl (C=O) groups excluding carboxylic acids is 1. The van der Waals surface area contributed by atoms with Crippen LogP contribution in [0, 0.1) is 6.92 Å². The SMILES string of the molecule is C\C=C/C(=C\C1=CN(CC)C2=CC=C(Cc3ccccc3C)C=C1CC2)C(/C)=N/OC(C)=O. The molecular formula is C29H34N2O2. The fourth-order valence-electron chi connectivity index (χ4n) is 4.06. The van der Waals surface area contributed by atoms with Crippen LogP contribution in [-0.4, -0.2) is 23.1 Å². The van der Waals surface area contributed by atoms with Gasteiger partial charge in [0.05, 0.1) is 5.71 Å². The molecule has 0 fully saturated rings. The summed E-state index contributed by atoms with van der Waals surface area (Å²) in [7, 11) is 0. The van der Waals surface area contributed by atoms with Gasteiger partial charge in [0.2, 0.25) is 0 Å². The maximum Gasteiger partial charge on any atom is 0.331 e. The molecule has 0 aromatic heterocycles. The van der Waals surface area contributed by atoms with Crippen molar-refractivity contribution in [3.8, 4) is 0 Å². The van der Waals surface area contributed by atoms with Crippen molar-refractivity contribution in [2.24, 2.45) is 5.16 Å². The van der Waals surface area contributed by atoms with Crippen LogP contribution in [0.4, 0.5) is 0 Å². The van der Waals surface area contributed by atoms with Crippen LogP contribution in [0.5, 0.6) is 0 Å². The van der Waals surface area contributed by atoms with Crippen molar-refractivity contribution in [2.45, 2.75) is 53.9 Å². The molecule has 1 aliphatic heterocycles. The first-order chi connectivity index (χ1) is 15.9. The molecule has 1 aromatic carbocycles. The van der Waals surface area contributed by atoms with Crippen molar-refractivity contribution in [3.63, 3.8) is 0 Å². The van der Waals surface area contributed by atoms with Gasteiger partial charge in [-0.3, -0.25) is 0 Å². The quantitative estimate of drug-likeness (QED) is 0.203. The first-order valence-corrected chi connectivity index (χ1v) is 11.6. The molecule has 2 bridgehead atoms. The summed E-state index contributed by atoms with van der Waals surface area (Å²) in [5.41, 5.74) is 9.33. The molecule has 0 saturated carbocycles. The Kier molecular flexibility index (Phi) is 8.42. The molecule has 0 atom stereocenters. The lowest BCUT2D eigenvalue weighted by atomic mass is 9.92. The van der Waals surface area contributed by atoms with E-state index < -0.39 is 5.97 Å². The third-order valence-electron chi connectivity index (χ3n) is 5.92. The minimum absolute atomic E-state index is 0.424. The van der Waals surface area contributed by atoms with Crippen LogP contribution >= 0.6 is 0 Å². The number of hydrogen-bond donors (Lipinski definition) is 0. The molecule has 0 unspecified atom stereocenters. The van der Waals surface area contributed by atoms with Gasteiger partial charge in [0.15, 0.2) is 0 Å². The molecule has 2 aliphatic rings. The average molecular weight is 443 g/mol. The fraction of sp³-hybridized carbons (Fsp3) is 0.310. The Balaban J connectivity index is 2.06. The first-order valence-electron chi connectivity index (χ1n) is 11.6. The summed E-state index contributed by atoms with van der Waals surface area (Å²) in [4.78, 5) is 18.4. The second kappa shape index (κ2) is 11.5. The Morgan fingerprint density at radius 1 is 1.18 bits per heavy atom. The maximum absolute atomic E-state index is 11.2. The van der Waals surface area contributed by atoms with E-state index in [1.54, 1.807) is 0 Å². The zero-order chi connectivity index (χ0) is 23.8. The van der Waals surface area contributed by atoms with Crippen LogP contribution in [0.3, 0.4) is 0 Å². The highest BCUT2D eigenvalue weighted by Crippen LogP contribution is 2.32. The molecule has 1 aliphatic carbocycles. The van der Waals surface area contributed by atoms with E-state index in [0.717, 1.165) is 37.0 Å². The number of nitrogens with zero attached hydrogens (tertiary/aromatic N) is 2. The van der Waals surface area contributed by atoms with Crippen molar-refractivity contribution in [1.29, 1.82) is 0 Å². The minimum Gasteiger partial charge on any atom is -0.351 e. The number of oxime groups is 1. The second-order valence-electron chi connectivity index (χ2n) is 8.40. The predicted molar refractivity (Wildman–Crippen MR) is 137 cm³/mol. The van der Waals surface area contributed by atoms with E-state index in [1.807, 2.05) is 26.0 Å². The normalized spacial score (nSPS) is 17.1. The van der Waals surface area contributed by atoms with Gasteiger partial charge in [-0.1, -0.05) is 53.7 Å². The largest absolute Gasteiger partial charge is 0.351 e. The summed E-state index contributed by atoms with van der Waals surface area (Å²) >= 11 is 0. The van der Waals surface area contributed by atoms with Gasteiger partial charge in [-0.25, -0.2) is 4.79 Å². The molecule has 0 saturated heterocycles. The molecule has 0 N–H and O–H groups in total. The van der Waals surface area contributed by atoms with E-state index in [9.17, 15) is 4.79 Å². The smallest absolute Gasteiger partial charge is 0.331 e. The zero-order valence-corrected chi connectivity index (χ0v) is 20.4. The van der Waals surface area contributed by atoms with Crippen molar-refractivity contribution in [2.75, 3.05) is 6.54 Å². The molecule has 1 heterocycles. The topological polar surface area (TPSA) is 41.9 Å². The Morgan fingerprint density at radius 3 is 2.67 bits per heavy atom. The van der Waals surface area contributed by atoms with Crippen LogP contribution in [0.15, 0.2) is 100 Å². The molecular weight excluding hydrogens is 408 g/mol. The van der Waals surface area contributed by atoms with Gasteiger partial charge in [-0.2, -0.15) is 0 Å². The lowest BCUT2D eigenvalue weighted by Gasteiger charge is -2.20. The van der Waals surface area contributed by atoms with Gasteiger partial charge in [-0.15, -0.1) is 0 Å². The first kappa shape index (κ1) is 24.2. The van der Waals surface area contributed by atoms with Gasteiger partial charge >= 0.3 is 5.97 Å².